The van der Waals surface area contributed by atoms with Crippen LogP contribution < -0.4 is 14.8 Å². The van der Waals surface area contributed by atoms with Gasteiger partial charge < -0.3 is 19.7 Å². The standard InChI is InChI=1S/C25H28N2O3/c1-18(28)26-22-9-10-23-20(5-3-6-21(23)16-22)7-4-13-27(2)14-12-19-8-11-24-25(15-19)30-17-29-24/h3,5-6,8-11,15-16H,4,7,12-14,17H2,1-2H3,(H,26,28). The molecule has 0 saturated carbocycles. The summed E-state index contributed by atoms with van der Waals surface area (Å²) in [6.45, 7) is 3.91. The molecule has 3 aromatic rings. The smallest absolute Gasteiger partial charge is 0.231 e. The Kier molecular flexibility index (Phi) is 6.19. The molecule has 4 rings (SSSR count). The highest BCUT2D eigenvalue weighted by atomic mass is 16.7. The van der Waals surface area contributed by atoms with Crippen molar-refractivity contribution in [2.24, 2.45) is 0 Å². The molecule has 0 aromatic heterocycles. The Labute approximate surface area is 177 Å². The van der Waals surface area contributed by atoms with Crippen LogP contribution >= 0.6 is 0 Å². The largest absolute Gasteiger partial charge is 0.454 e. The van der Waals surface area contributed by atoms with Crippen molar-refractivity contribution in [1.29, 1.82) is 0 Å². The summed E-state index contributed by atoms with van der Waals surface area (Å²) in [4.78, 5) is 13.7. The second-order valence-corrected chi connectivity index (χ2v) is 7.88. The number of hydrogen-bond donors (Lipinski definition) is 1. The molecule has 1 heterocycles. The van der Waals surface area contributed by atoms with Crippen molar-refractivity contribution in [2.45, 2.75) is 26.2 Å². The summed E-state index contributed by atoms with van der Waals surface area (Å²) in [5.74, 6) is 1.65. The van der Waals surface area contributed by atoms with Gasteiger partial charge in [0.15, 0.2) is 11.5 Å². The molecule has 1 amide bonds. The molecule has 30 heavy (non-hydrogen) atoms. The molecule has 0 aliphatic carbocycles. The summed E-state index contributed by atoms with van der Waals surface area (Å²) in [5.41, 5.74) is 3.47. The normalized spacial score (nSPS) is 12.5. The molecular weight excluding hydrogens is 376 g/mol. The minimum atomic E-state index is -0.0470. The number of fused-ring (bicyclic) bond motifs is 2. The quantitative estimate of drug-likeness (QED) is 0.595. The summed E-state index contributed by atoms with van der Waals surface area (Å²) < 4.78 is 10.8. The van der Waals surface area contributed by atoms with Gasteiger partial charge in [-0.15, -0.1) is 0 Å². The molecule has 0 spiro atoms. The number of aryl methyl sites for hydroxylation is 1. The summed E-state index contributed by atoms with van der Waals surface area (Å²) in [6, 6.07) is 18.7. The van der Waals surface area contributed by atoms with Crippen LogP contribution in [-0.2, 0) is 17.6 Å². The van der Waals surface area contributed by atoms with Crippen LogP contribution in [0.5, 0.6) is 11.5 Å². The lowest BCUT2D eigenvalue weighted by atomic mass is 10.00. The van der Waals surface area contributed by atoms with E-state index in [1.807, 2.05) is 18.2 Å². The number of hydrogen-bond acceptors (Lipinski definition) is 4. The van der Waals surface area contributed by atoms with Gasteiger partial charge in [-0.2, -0.15) is 0 Å². The van der Waals surface area contributed by atoms with Gasteiger partial charge in [-0.05, 0) is 79.0 Å². The summed E-state index contributed by atoms with van der Waals surface area (Å²) in [7, 11) is 2.18. The first kappa shape index (κ1) is 20.2. The third kappa shape index (κ3) is 4.92. The van der Waals surface area contributed by atoms with Crippen LogP contribution in [0.25, 0.3) is 10.8 Å². The first-order valence-corrected chi connectivity index (χ1v) is 10.4. The SMILES string of the molecule is CC(=O)Nc1ccc2c(CCCN(C)CCc3ccc4c(c3)OCO4)cccc2c1. The van der Waals surface area contributed by atoms with Gasteiger partial charge in [0.1, 0.15) is 0 Å². The lowest BCUT2D eigenvalue weighted by molar-refractivity contribution is -0.114. The topological polar surface area (TPSA) is 50.8 Å². The molecule has 1 aliphatic heterocycles. The van der Waals surface area contributed by atoms with E-state index in [0.717, 1.165) is 54.9 Å². The summed E-state index contributed by atoms with van der Waals surface area (Å²) in [6.07, 6.45) is 3.13. The average Bonchev–Trinajstić information content (AvgIpc) is 3.19. The van der Waals surface area contributed by atoms with E-state index in [0.29, 0.717) is 6.79 Å². The highest BCUT2D eigenvalue weighted by Crippen LogP contribution is 2.32. The lowest BCUT2D eigenvalue weighted by Gasteiger charge is -2.17. The van der Waals surface area contributed by atoms with E-state index in [-0.39, 0.29) is 5.91 Å². The van der Waals surface area contributed by atoms with Crippen molar-refractivity contribution < 1.29 is 14.3 Å². The third-order valence-electron chi connectivity index (χ3n) is 5.50. The fraction of sp³-hybridized carbons (Fsp3) is 0.320. The third-order valence-corrected chi connectivity index (χ3v) is 5.50. The van der Waals surface area contributed by atoms with Gasteiger partial charge in [0.25, 0.3) is 0 Å². The first-order chi connectivity index (χ1) is 14.6. The van der Waals surface area contributed by atoms with Gasteiger partial charge in [0.2, 0.25) is 12.7 Å². The van der Waals surface area contributed by atoms with E-state index in [1.54, 1.807) is 0 Å². The van der Waals surface area contributed by atoms with E-state index in [4.69, 9.17) is 9.47 Å². The number of nitrogens with zero attached hydrogens (tertiary/aromatic N) is 1. The zero-order valence-electron chi connectivity index (χ0n) is 17.6. The molecule has 1 N–H and O–H groups in total. The van der Waals surface area contributed by atoms with E-state index in [2.05, 4.69) is 53.7 Å². The maximum Gasteiger partial charge on any atom is 0.231 e. The highest BCUT2D eigenvalue weighted by Gasteiger charge is 2.13. The van der Waals surface area contributed by atoms with Crippen LogP contribution in [0.3, 0.4) is 0 Å². The second-order valence-electron chi connectivity index (χ2n) is 7.88. The Morgan fingerprint density at radius 2 is 1.87 bits per heavy atom. The number of ether oxygens (including phenoxy) is 2. The van der Waals surface area contributed by atoms with E-state index >= 15 is 0 Å². The molecule has 5 nitrogen and oxygen atoms in total. The van der Waals surface area contributed by atoms with Gasteiger partial charge in [-0.25, -0.2) is 0 Å². The van der Waals surface area contributed by atoms with Crippen LogP contribution in [0.4, 0.5) is 5.69 Å². The predicted octanol–water partition coefficient (Wildman–Crippen LogP) is 4.63. The van der Waals surface area contributed by atoms with Gasteiger partial charge in [-0.1, -0.05) is 30.3 Å². The van der Waals surface area contributed by atoms with Crippen LogP contribution in [0.2, 0.25) is 0 Å². The van der Waals surface area contributed by atoms with Crippen molar-refractivity contribution in [3.05, 3.63) is 65.7 Å². The van der Waals surface area contributed by atoms with Gasteiger partial charge in [0, 0.05) is 19.2 Å². The highest BCUT2D eigenvalue weighted by molar-refractivity contribution is 5.94. The van der Waals surface area contributed by atoms with Crippen LogP contribution in [0.15, 0.2) is 54.6 Å². The summed E-state index contributed by atoms with van der Waals surface area (Å²) in [5, 5.41) is 5.28. The minimum absolute atomic E-state index is 0.0470. The maximum absolute atomic E-state index is 11.3. The predicted molar refractivity (Wildman–Crippen MR) is 120 cm³/mol. The van der Waals surface area contributed by atoms with Crippen LogP contribution in [0.1, 0.15) is 24.5 Å². The zero-order chi connectivity index (χ0) is 20.9. The van der Waals surface area contributed by atoms with Crippen LogP contribution in [-0.4, -0.2) is 37.7 Å². The Morgan fingerprint density at radius 1 is 1.00 bits per heavy atom. The van der Waals surface area contributed by atoms with Gasteiger partial charge in [0.05, 0.1) is 0 Å². The van der Waals surface area contributed by atoms with Crippen molar-refractivity contribution in [3.63, 3.8) is 0 Å². The van der Waals surface area contributed by atoms with Crippen molar-refractivity contribution in [2.75, 3.05) is 32.2 Å². The molecule has 0 radical (unpaired) electrons. The molecule has 5 heteroatoms. The number of benzene rings is 3. The average molecular weight is 405 g/mol. The molecule has 0 saturated heterocycles. The Hall–Kier alpha value is -3.05. The number of amides is 1. The number of likely N-dealkylation sites (N-methyl/N-ethyl adjacent to an activating group) is 1. The Balaban J connectivity index is 1.29. The molecule has 156 valence electrons. The number of carbonyl (C=O) groups is 1. The van der Waals surface area contributed by atoms with Crippen molar-refractivity contribution in [1.82, 2.24) is 4.90 Å². The Bertz CT molecular complexity index is 1050. The fourth-order valence-corrected chi connectivity index (χ4v) is 3.92. The zero-order valence-corrected chi connectivity index (χ0v) is 17.6. The molecule has 0 atom stereocenters. The molecule has 0 fully saturated rings. The molecule has 0 unspecified atom stereocenters. The minimum Gasteiger partial charge on any atom is -0.454 e. The maximum atomic E-state index is 11.3. The molecule has 3 aromatic carbocycles. The first-order valence-electron chi connectivity index (χ1n) is 10.4. The van der Waals surface area contributed by atoms with Crippen LogP contribution in [0, 0.1) is 0 Å². The fourth-order valence-electron chi connectivity index (χ4n) is 3.92. The molecule has 1 aliphatic rings. The van der Waals surface area contributed by atoms with Gasteiger partial charge in [-0.3, -0.25) is 4.79 Å². The van der Waals surface area contributed by atoms with E-state index < -0.39 is 0 Å². The lowest BCUT2D eigenvalue weighted by Crippen LogP contribution is -2.22. The van der Waals surface area contributed by atoms with E-state index in [9.17, 15) is 4.79 Å². The van der Waals surface area contributed by atoms with Gasteiger partial charge >= 0.3 is 0 Å². The number of anilines is 1. The number of carbonyl (C=O) groups excluding carboxylic acids is 1. The van der Waals surface area contributed by atoms with Crippen molar-refractivity contribution >= 4 is 22.4 Å². The number of rotatable bonds is 8. The summed E-state index contributed by atoms with van der Waals surface area (Å²) >= 11 is 0. The van der Waals surface area contributed by atoms with Crippen molar-refractivity contribution in [3.8, 4) is 11.5 Å². The van der Waals surface area contributed by atoms with E-state index in [1.165, 1.54) is 23.4 Å². The monoisotopic (exact) mass is 404 g/mol. The number of nitrogens with one attached hydrogen (secondary N) is 1. The second kappa shape index (κ2) is 9.18. The molecular formula is C25H28N2O3. The Morgan fingerprint density at radius 3 is 2.73 bits per heavy atom. The molecule has 0 bridgehead atoms.